The van der Waals surface area contributed by atoms with E-state index in [2.05, 4.69) is 31.0 Å². The lowest BCUT2D eigenvalue weighted by molar-refractivity contribution is -0.113. The smallest absolute Gasteiger partial charge is 0.251 e. The molecule has 17 heteroatoms. The molecule has 0 unspecified atom stereocenters. The van der Waals surface area contributed by atoms with Gasteiger partial charge in [-0.1, -0.05) is 23.1 Å². The van der Waals surface area contributed by atoms with Gasteiger partial charge in [0.05, 0.1) is 37.0 Å². The van der Waals surface area contributed by atoms with E-state index in [9.17, 15) is 18.0 Å². The lowest BCUT2D eigenvalue weighted by Crippen LogP contribution is -2.40. The van der Waals surface area contributed by atoms with Gasteiger partial charge in [-0.25, -0.2) is 8.42 Å². The molecule has 44 heavy (non-hydrogen) atoms. The second kappa shape index (κ2) is 14.3. The quantitative estimate of drug-likeness (QED) is 0.214. The number of aromatic nitrogens is 5. The van der Waals surface area contributed by atoms with Crippen LogP contribution in [0.25, 0.3) is 5.69 Å². The second-order valence-electron chi connectivity index (χ2n) is 9.35. The van der Waals surface area contributed by atoms with Crippen LogP contribution >= 0.6 is 23.1 Å². The highest BCUT2D eigenvalue weighted by atomic mass is 32.2. The molecule has 0 bridgehead atoms. The van der Waals surface area contributed by atoms with E-state index in [1.807, 2.05) is 31.2 Å². The number of sulfonamides is 1. The van der Waals surface area contributed by atoms with E-state index in [4.69, 9.17) is 9.47 Å². The third kappa shape index (κ3) is 7.59. The molecule has 2 aromatic heterocycles. The van der Waals surface area contributed by atoms with Crippen LogP contribution in [0.1, 0.15) is 28.1 Å². The van der Waals surface area contributed by atoms with E-state index in [0.717, 1.165) is 5.01 Å². The normalized spacial score (nSPS) is 13.9. The number of hydrogen-bond acceptors (Lipinski definition) is 12. The first-order valence-electron chi connectivity index (χ1n) is 13.6. The van der Waals surface area contributed by atoms with Crippen LogP contribution in [0.15, 0.2) is 58.6 Å². The van der Waals surface area contributed by atoms with E-state index in [1.165, 1.54) is 51.7 Å². The Morgan fingerprint density at radius 3 is 2.41 bits per heavy atom. The Balaban J connectivity index is 1.29. The number of carbonyl (C=O) groups excluding carboxylic acids is 2. The van der Waals surface area contributed by atoms with Gasteiger partial charge in [-0.3, -0.25) is 19.5 Å². The second-order valence-corrected chi connectivity index (χ2v) is 13.4. The molecule has 1 fully saturated rings. The molecule has 14 nitrogen and oxygen atoms in total. The third-order valence-corrected chi connectivity index (χ3v) is 9.94. The lowest BCUT2D eigenvalue weighted by Gasteiger charge is -2.26. The average molecular weight is 659 g/mol. The topological polar surface area (TPSA) is 171 Å². The molecule has 2 amide bonds. The van der Waals surface area contributed by atoms with Gasteiger partial charge in [-0.2, -0.15) is 4.31 Å². The van der Waals surface area contributed by atoms with E-state index in [1.54, 1.807) is 11.5 Å². The highest BCUT2D eigenvalue weighted by Gasteiger charge is 2.26. The van der Waals surface area contributed by atoms with Crippen molar-refractivity contribution in [2.45, 2.75) is 30.4 Å². The zero-order valence-corrected chi connectivity index (χ0v) is 26.4. The Hall–Kier alpha value is -3.90. The maximum absolute atomic E-state index is 13.0. The van der Waals surface area contributed by atoms with Gasteiger partial charge >= 0.3 is 0 Å². The zero-order valence-electron chi connectivity index (χ0n) is 23.9. The number of nitrogens with one attached hydrogen (secondary N) is 2. The van der Waals surface area contributed by atoms with Gasteiger partial charge < -0.3 is 14.8 Å². The van der Waals surface area contributed by atoms with Crippen LogP contribution < -0.4 is 15.4 Å². The van der Waals surface area contributed by atoms with Crippen LogP contribution in [0.3, 0.4) is 0 Å². The van der Waals surface area contributed by atoms with E-state index in [-0.39, 0.29) is 41.8 Å². The number of morpholine rings is 1. The van der Waals surface area contributed by atoms with Crippen LogP contribution in [0.4, 0.5) is 5.13 Å². The van der Waals surface area contributed by atoms with Crippen molar-refractivity contribution in [3.05, 3.63) is 64.9 Å². The summed E-state index contributed by atoms with van der Waals surface area (Å²) in [6.45, 7) is 5.50. The summed E-state index contributed by atoms with van der Waals surface area (Å²) in [7, 11) is -3.67. The number of anilines is 1. The van der Waals surface area contributed by atoms with Crippen molar-refractivity contribution in [2.24, 2.45) is 0 Å². The first-order valence-corrected chi connectivity index (χ1v) is 16.8. The van der Waals surface area contributed by atoms with E-state index >= 15 is 0 Å². The van der Waals surface area contributed by atoms with Gasteiger partial charge in [0, 0.05) is 24.3 Å². The monoisotopic (exact) mass is 658 g/mol. The van der Waals surface area contributed by atoms with Gasteiger partial charge in [-0.05, 0) is 62.4 Å². The maximum Gasteiger partial charge on any atom is 0.251 e. The summed E-state index contributed by atoms with van der Waals surface area (Å²) >= 11 is 2.46. The molecule has 0 atom stereocenters. The highest BCUT2D eigenvalue weighted by Crippen LogP contribution is 2.25. The Kier molecular flexibility index (Phi) is 10.2. The number of aryl methyl sites for hydroxylation is 1. The van der Waals surface area contributed by atoms with Gasteiger partial charge in [0.15, 0.2) is 11.0 Å². The average Bonchev–Trinajstić information content (AvgIpc) is 3.65. The van der Waals surface area contributed by atoms with Gasteiger partial charge in [0.1, 0.15) is 10.8 Å². The Morgan fingerprint density at radius 1 is 1.02 bits per heavy atom. The largest absolute Gasteiger partial charge is 0.494 e. The van der Waals surface area contributed by atoms with Crippen LogP contribution in [0.2, 0.25) is 0 Å². The van der Waals surface area contributed by atoms with Crippen molar-refractivity contribution >= 4 is 50.1 Å². The number of rotatable bonds is 12. The molecule has 4 aromatic rings. The van der Waals surface area contributed by atoms with E-state index < -0.39 is 15.9 Å². The van der Waals surface area contributed by atoms with Gasteiger partial charge in [0.25, 0.3) is 5.91 Å². The number of carbonyl (C=O) groups is 2. The Bertz CT molecular complexity index is 1700. The molecule has 2 N–H and O–H groups in total. The van der Waals surface area contributed by atoms with Gasteiger partial charge in [-0.15, -0.1) is 20.4 Å². The molecule has 1 aliphatic heterocycles. The van der Waals surface area contributed by atoms with Crippen molar-refractivity contribution < 1.29 is 27.5 Å². The highest BCUT2D eigenvalue weighted by molar-refractivity contribution is 7.99. The van der Waals surface area contributed by atoms with Crippen LogP contribution in [0, 0.1) is 6.92 Å². The lowest BCUT2D eigenvalue weighted by atomic mass is 10.2. The van der Waals surface area contributed by atoms with Crippen LogP contribution in [-0.4, -0.2) is 88.2 Å². The molecule has 5 rings (SSSR count). The number of benzene rings is 2. The summed E-state index contributed by atoms with van der Waals surface area (Å²) in [5, 5.41) is 23.5. The standard InChI is InChI=1S/C27H30N8O6S3/c1-3-41-21-8-6-20(7-9-21)35-23(31-33-27(35)42-17-24(36)29-26-32-30-18(2)43-26)16-28-25(37)19-4-10-22(11-5-19)44(38,39)34-12-14-40-15-13-34/h4-11H,3,12-17H2,1-2H3,(H,28,37)(H,29,32,36). The summed E-state index contributed by atoms with van der Waals surface area (Å²) in [4.78, 5) is 25.7. The molecule has 232 valence electrons. The number of amides is 2. The van der Waals surface area contributed by atoms with Crippen LogP contribution in [-0.2, 0) is 26.1 Å². The summed E-state index contributed by atoms with van der Waals surface area (Å²) in [6, 6.07) is 13.1. The molecular weight excluding hydrogens is 629 g/mol. The molecule has 0 saturated carbocycles. The van der Waals surface area contributed by atoms with Gasteiger partial charge in [0.2, 0.25) is 21.1 Å². The first kappa shape index (κ1) is 31.5. The summed E-state index contributed by atoms with van der Waals surface area (Å²) in [5.41, 5.74) is 0.999. The Morgan fingerprint density at radius 2 is 1.75 bits per heavy atom. The molecule has 0 aliphatic carbocycles. The molecule has 1 saturated heterocycles. The minimum atomic E-state index is -3.67. The summed E-state index contributed by atoms with van der Waals surface area (Å²) in [6.07, 6.45) is 0. The van der Waals surface area contributed by atoms with Crippen molar-refractivity contribution in [2.75, 3.05) is 44.0 Å². The number of ether oxygens (including phenoxy) is 2. The number of hydrogen-bond donors (Lipinski definition) is 2. The summed E-state index contributed by atoms with van der Waals surface area (Å²) in [5.74, 6) is 0.472. The fourth-order valence-electron chi connectivity index (χ4n) is 4.23. The SMILES string of the molecule is CCOc1ccc(-n2c(CNC(=O)c3ccc(S(=O)(=O)N4CCOCC4)cc3)nnc2SCC(=O)Nc2nnc(C)s2)cc1. The number of nitrogens with zero attached hydrogens (tertiary/aromatic N) is 6. The Labute approximate surface area is 262 Å². The third-order valence-electron chi connectivity index (χ3n) is 6.34. The number of thioether (sulfide) groups is 1. The predicted molar refractivity (Wildman–Crippen MR) is 164 cm³/mol. The van der Waals surface area contributed by atoms with E-state index in [0.29, 0.717) is 47.4 Å². The van der Waals surface area contributed by atoms with Crippen molar-refractivity contribution in [1.29, 1.82) is 0 Å². The first-order chi connectivity index (χ1) is 21.2. The molecule has 2 aromatic carbocycles. The van der Waals surface area contributed by atoms with Crippen molar-refractivity contribution in [3.63, 3.8) is 0 Å². The molecule has 0 spiro atoms. The van der Waals surface area contributed by atoms with Crippen LogP contribution in [0.5, 0.6) is 5.75 Å². The minimum Gasteiger partial charge on any atom is -0.494 e. The molecular formula is C27H30N8O6S3. The zero-order chi connectivity index (χ0) is 31.1. The summed E-state index contributed by atoms with van der Waals surface area (Å²) < 4.78 is 39.7. The molecule has 1 aliphatic rings. The predicted octanol–water partition coefficient (Wildman–Crippen LogP) is 2.51. The van der Waals surface area contributed by atoms with Crippen molar-refractivity contribution in [3.8, 4) is 11.4 Å². The van der Waals surface area contributed by atoms with Crippen molar-refractivity contribution in [1.82, 2.24) is 34.6 Å². The minimum absolute atomic E-state index is 0.0176. The maximum atomic E-state index is 13.0. The molecule has 3 heterocycles. The fourth-order valence-corrected chi connectivity index (χ4v) is 7.02. The fraction of sp³-hybridized carbons (Fsp3) is 0.333. The molecule has 0 radical (unpaired) electrons.